The number of unbranched alkanes of at least 4 members (excludes halogenated alkanes) is 7. The molecule has 0 rings (SSSR count). The van der Waals surface area contributed by atoms with Crippen molar-refractivity contribution in [2.75, 3.05) is 0 Å². The summed E-state index contributed by atoms with van der Waals surface area (Å²) in [7, 11) is 0. The normalized spacial score (nSPS) is 12.5. The van der Waals surface area contributed by atoms with Crippen LogP contribution in [-0.4, -0.2) is 16.1 Å². The number of hydrogen-bond acceptors (Lipinski definition) is 5. The smallest absolute Gasteiger partial charge is 0.246 e. The minimum atomic E-state index is -0.509. The van der Waals surface area contributed by atoms with E-state index in [0.717, 1.165) is 12.8 Å². The second-order valence-electron chi connectivity index (χ2n) is 6.37. The van der Waals surface area contributed by atoms with Crippen LogP contribution in [0.2, 0.25) is 0 Å². The van der Waals surface area contributed by atoms with Crippen LogP contribution in [0.4, 0.5) is 0 Å². The van der Waals surface area contributed by atoms with Crippen LogP contribution >= 0.6 is 0 Å². The first kappa shape index (κ1) is 24.7. The van der Waals surface area contributed by atoms with E-state index in [0.29, 0.717) is 6.42 Å². The minimum absolute atomic E-state index is 0.0252. The van der Waals surface area contributed by atoms with Crippen molar-refractivity contribution in [1.82, 2.24) is 0 Å². The Morgan fingerprint density at radius 1 is 0.889 bits per heavy atom. The Balaban J connectivity index is 4.38. The summed E-state index contributed by atoms with van der Waals surface area (Å²) < 4.78 is 0. The molecule has 0 N–H and O–H groups in total. The van der Waals surface area contributed by atoms with Crippen molar-refractivity contribution in [3.05, 3.63) is 55.9 Å². The Hall–Kier alpha value is -2.31. The van der Waals surface area contributed by atoms with Crippen molar-refractivity contribution in [2.45, 2.75) is 84.0 Å². The van der Waals surface area contributed by atoms with Gasteiger partial charge in [-0.25, -0.2) is 0 Å². The van der Waals surface area contributed by atoms with Gasteiger partial charge in [0.05, 0.1) is 16.3 Å². The highest BCUT2D eigenvalue weighted by Crippen LogP contribution is 2.12. The first-order valence-corrected chi connectivity index (χ1v) is 9.69. The maximum atomic E-state index is 11.1. The molecule has 27 heavy (non-hydrogen) atoms. The first-order chi connectivity index (χ1) is 13.0. The van der Waals surface area contributed by atoms with E-state index < -0.39 is 9.85 Å². The molecule has 0 amide bonds. The summed E-state index contributed by atoms with van der Waals surface area (Å²) in [6, 6.07) is 0. The van der Waals surface area contributed by atoms with E-state index in [9.17, 15) is 25.0 Å². The fourth-order valence-corrected chi connectivity index (χ4v) is 2.54. The summed E-state index contributed by atoms with van der Waals surface area (Å²) in [6.45, 7) is 2.18. The van der Waals surface area contributed by atoms with E-state index in [1.54, 1.807) is 12.4 Å². The number of nitrogens with zero attached hydrogens (tertiary/aromatic N) is 2. The molecule has 0 spiro atoms. The second-order valence-corrected chi connectivity index (χ2v) is 6.37. The number of hydrogen-bond donors (Lipinski definition) is 0. The van der Waals surface area contributed by atoms with Crippen LogP contribution in [0.25, 0.3) is 0 Å². The second kappa shape index (κ2) is 17.1. The van der Waals surface area contributed by atoms with E-state index in [2.05, 4.69) is 6.92 Å². The molecule has 0 aliphatic rings. The van der Waals surface area contributed by atoms with E-state index in [4.69, 9.17) is 0 Å². The molecule has 0 saturated heterocycles. The highest BCUT2D eigenvalue weighted by molar-refractivity contribution is 5.50. The fourth-order valence-electron chi connectivity index (χ4n) is 2.54. The van der Waals surface area contributed by atoms with Crippen molar-refractivity contribution >= 4 is 6.29 Å². The molecular formula is C20H31N2O5. The lowest BCUT2D eigenvalue weighted by Gasteiger charge is -1.98. The Bertz CT molecular complexity index is 538. The SMILES string of the molecule is CCCCCCCC/C=C/C/C(=C/C/C=C(/CCC[C]=O)[N+](=O)[O-])[N+](=O)[O-]. The highest BCUT2D eigenvalue weighted by atomic mass is 16.6. The zero-order chi connectivity index (χ0) is 20.3. The Morgan fingerprint density at radius 3 is 2.15 bits per heavy atom. The van der Waals surface area contributed by atoms with Gasteiger partial charge in [-0.3, -0.25) is 25.0 Å². The van der Waals surface area contributed by atoms with Crippen molar-refractivity contribution in [3.63, 3.8) is 0 Å². The Kier molecular flexibility index (Phi) is 15.7. The zero-order valence-electron chi connectivity index (χ0n) is 16.2. The summed E-state index contributed by atoms with van der Waals surface area (Å²) in [5.74, 6) is 0. The molecule has 1 radical (unpaired) electrons. The standard InChI is InChI=1S/C20H31N2O5/c1-2-3-4-5-6-7-8-9-10-14-19(21(24)25)16-13-17-20(22(26)27)15-11-12-18-23/h9-10,16-17H,2-8,11-15H2,1H3/b10-9+,19-16-,20-17-. The molecule has 0 atom stereocenters. The van der Waals surface area contributed by atoms with Gasteiger partial charge in [-0.15, -0.1) is 0 Å². The van der Waals surface area contributed by atoms with Gasteiger partial charge >= 0.3 is 0 Å². The molecule has 0 bridgehead atoms. The van der Waals surface area contributed by atoms with Crippen LogP contribution in [0, 0.1) is 20.2 Å². The third kappa shape index (κ3) is 14.5. The Morgan fingerprint density at radius 2 is 1.52 bits per heavy atom. The summed E-state index contributed by atoms with van der Waals surface area (Å²) in [5.41, 5.74) is 0.0113. The lowest BCUT2D eigenvalue weighted by Crippen LogP contribution is -2.00. The molecule has 0 aliphatic carbocycles. The predicted octanol–water partition coefficient (Wildman–Crippen LogP) is 5.67. The molecule has 0 heterocycles. The van der Waals surface area contributed by atoms with Crippen molar-refractivity contribution in [1.29, 1.82) is 0 Å². The maximum absolute atomic E-state index is 11.1. The largest absolute Gasteiger partial charge is 0.291 e. The van der Waals surface area contributed by atoms with Crippen LogP contribution in [0.15, 0.2) is 35.7 Å². The average Bonchev–Trinajstić information content (AvgIpc) is 2.63. The van der Waals surface area contributed by atoms with Gasteiger partial charge in [0.2, 0.25) is 11.4 Å². The van der Waals surface area contributed by atoms with Crippen LogP contribution in [-0.2, 0) is 4.79 Å². The zero-order valence-corrected chi connectivity index (χ0v) is 16.2. The van der Waals surface area contributed by atoms with Gasteiger partial charge in [0, 0.05) is 12.8 Å². The average molecular weight is 379 g/mol. The van der Waals surface area contributed by atoms with Gasteiger partial charge in [0.15, 0.2) is 6.29 Å². The van der Waals surface area contributed by atoms with E-state index in [1.807, 2.05) is 6.08 Å². The number of allylic oxidation sites excluding steroid dienone is 5. The minimum Gasteiger partial charge on any atom is -0.291 e. The molecule has 0 unspecified atom stereocenters. The predicted molar refractivity (Wildman–Crippen MR) is 106 cm³/mol. The summed E-state index contributed by atoms with van der Waals surface area (Å²) >= 11 is 0. The molecule has 7 heteroatoms. The van der Waals surface area contributed by atoms with Gasteiger partial charge < -0.3 is 0 Å². The topological polar surface area (TPSA) is 103 Å². The van der Waals surface area contributed by atoms with Crippen LogP contribution in [0.3, 0.4) is 0 Å². The fraction of sp³-hybridized carbons (Fsp3) is 0.650. The summed E-state index contributed by atoms with van der Waals surface area (Å²) in [6.07, 6.45) is 17.4. The van der Waals surface area contributed by atoms with E-state index in [1.165, 1.54) is 44.3 Å². The Labute approximate surface area is 161 Å². The number of carbonyl (C=O) groups excluding carboxylic acids is 1. The molecule has 151 valence electrons. The van der Waals surface area contributed by atoms with E-state index >= 15 is 0 Å². The summed E-state index contributed by atoms with van der Waals surface area (Å²) in [4.78, 5) is 31.2. The van der Waals surface area contributed by atoms with Gasteiger partial charge in [-0.05, 0) is 37.8 Å². The molecule has 0 aromatic heterocycles. The highest BCUT2D eigenvalue weighted by Gasteiger charge is 2.11. The third-order valence-electron chi connectivity index (χ3n) is 4.11. The third-order valence-corrected chi connectivity index (χ3v) is 4.11. The van der Waals surface area contributed by atoms with E-state index in [-0.39, 0.29) is 37.1 Å². The van der Waals surface area contributed by atoms with Crippen molar-refractivity contribution < 1.29 is 14.6 Å². The molecular weight excluding hydrogens is 348 g/mol. The van der Waals surface area contributed by atoms with Crippen LogP contribution < -0.4 is 0 Å². The van der Waals surface area contributed by atoms with Gasteiger partial charge in [0.1, 0.15) is 0 Å². The quantitative estimate of drug-likeness (QED) is 0.140. The maximum Gasteiger partial charge on any atom is 0.246 e. The molecule has 0 saturated carbocycles. The summed E-state index contributed by atoms with van der Waals surface area (Å²) in [5, 5.41) is 22.0. The lowest BCUT2D eigenvalue weighted by atomic mass is 10.1. The van der Waals surface area contributed by atoms with Gasteiger partial charge in [0.25, 0.3) is 0 Å². The first-order valence-electron chi connectivity index (χ1n) is 9.69. The lowest BCUT2D eigenvalue weighted by molar-refractivity contribution is -0.428. The van der Waals surface area contributed by atoms with Crippen molar-refractivity contribution in [2.24, 2.45) is 0 Å². The monoisotopic (exact) mass is 379 g/mol. The molecule has 0 fully saturated rings. The molecule has 0 aromatic carbocycles. The molecule has 0 aliphatic heterocycles. The number of rotatable bonds is 17. The number of nitro groups is 2. The van der Waals surface area contributed by atoms with Crippen LogP contribution in [0.1, 0.15) is 84.0 Å². The van der Waals surface area contributed by atoms with Gasteiger partial charge in [-0.1, -0.05) is 51.2 Å². The van der Waals surface area contributed by atoms with Crippen molar-refractivity contribution in [3.8, 4) is 0 Å². The van der Waals surface area contributed by atoms with Crippen LogP contribution in [0.5, 0.6) is 0 Å². The molecule has 7 nitrogen and oxygen atoms in total. The van der Waals surface area contributed by atoms with Gasteiger partial charge in [-0.2, -0.15) is 0 Å². The molecule has 0 aromatic rings.